The average molecular weight is 248 g/mol. The van der Waals surface area contributed by atoms with E-state index in [1.54, 1.807) is 0 Å². The summed E-state index contributed by atoms with van der Waals surface area (Å²) in [6, 6.07) is 2.02. The number of ether oxygens (including phenoxy) is 1. The molecule has 1 aromatic rings. The predicted molar refractivity (Wildman–Crippen MR) is 70.3 cm³/mol. The highest BCUT2D eigenvalue weighted by atomic mass is 16.5. The van der Waals surface area contributed by atoms with Crippen LogP contribution in [0.4, 0.5) is 0 Å². The highest BCUT2D eigenvalue weighted by molar-refractivity contribution is 5.74. The highest BCUT2D eigenvalue weighted by Gasteiger charge is 2.28. The minimum Gasteiger partial charge on any atom is -0.466 e. The molecule has 0 saturated heterocycles. The number of hydrogen-bond donors (Lipinski definition) is 0. The van der Waals surface area contributed by atoms with Gasteiger partial charge >= 0.3 is 5.97 Å². The Bertz CT molecular complexity index is 460. The summed E-state index contributed by atoms with van der Waals surface area (Å²) in [5.41, 5.74) is 2.10. The van der Waals surface area contributed by atoms with Gasteiger partial charge in [-0.1, -0.05) is 5.57 Å². The van der Waals surface area contributed by atoms with Gasteiger partial charge in [-0.25, -0.2) is 0 Å². The highest BCUT2D eigenvalue weighted by Crippen LogP contribution is 2.42. The van der Waals surface area contributed by atoms with Gasteiger partial charge in [0.15, 0.2) is 0 Å². The van der Waals surface area contributed by atoms with Gasteiger partial charge in [-0.15, -0.1) is 0 Å². The largest absolute Gasteiger partial charge is 0.466 e. The standard InChI is InChI=1S/C15H20O3/c1-4-17-15(16)9-12-8-14(11-5-6-11)18-13(12)7-10(2)3/h7-8,11H,4-6,9H2,1-3H3. The van der Waals surface area contributed by atoms with Gasteiger partial charge in [-0.3, -0.25) is 4.79 Å². The Morgan fingerprint density at radius 1 is 1.50 bits per heavy atom. The Labute approximate surface area is 108 Å². The Hall–Kier alpha value is -1.51. The van der Waals surface area contributed by atoms with E-state index < -0.39 is 0 Å². The lowest BCUT2D eigenvalue weighted by atomic mass is 10.1. The molecule has 1 aliphatic rings. The van der Waals surface area contributed by atoms with E-state index in [2.05, 4.69) is 0 Å². The van der Waals surface area contributed by atoms with Crippen LogP contribution in [0.5, 0.6) is 0 Å². The predicted octanol–water partition coefficient (Wildman–Crippen LogP) is 3.69. The summed E-state index contributed by atoms with van der Waals surface area (Å²) < 4.78 is 10.8. The molecule has 0 aliphatic heterocycles. The van der Waals surface area contributed by atoms with E-state index in [0.717, 1.165) is 22.7 Å². The first-order chi connectivity index (χ1) is 8.60. The van der Waals surface area contributed by atoms with Crippen molar-refractivity contribution in [3.05, 3.63) is 28.7 Å². The van der Waals surface area contributed by atoms with E-state index in [9.17, 15) is 4.79 Å². The first kappa shape index (κ1) is 12.9. The summed E-state index contributed by atoms with van der Waals surface area (Å²) >= 11 is 0. The van der Waals surface area contributed by atoms with Gasteiger partial charge in [0.1, 0.15) is 11.5 Å². The second-order valence-electron chi connectivity index (χ2n) is 5.02. The summed E-state index contributed by atoms with van der Waals surface area (Å²) in [5.74, 6) is 2.20. The maximum Gasteiger partial charge on any atom is 0.310 e. The van der Waals surface area contributed by atoms with Crippen molar-refractivity contribution in [1.82, 2.24) is 0 Å². The lowest BCUT2D eigenvalue weighted by Crippen LogP contribution is -2.07. The molecule has 0 amide bonds. The molecule has 98 valence electrons. The zero-order chi connectivity index (χ0) is 13.1. The Kier molecular flexibility index (Phi) is 3.90. The van der Waals surface area contributed by atoms with E-state index in [-0.39, 0.29) is 5.97 Å². The van der Waals surface area contributed by atoms with Gasteiger partial charge in [0.25, 0.3) is 0 Å². The van der Waals surface area contributed by atoms with Crippen LogP contribution in [0.15, 0.2) is 16.1 Å². The third kappa shape index (κ3) is 3.25. The lowest BCUT2D eigenvalue weighted by molar-refractivity contribution is -0.142. The Balaban J connectivity index is 2.20. The van der Waals surface area contributed by atoms with Crippen molar-refractivity contribution in [2.45, 2.75) is 46.0 Å². The van der Waals surface area contributed by atoms with Crippen LogP contribution in [0.1, 0.15) is 56.6 Å². The number of esters is 1. The lowest BCUT2D eigenvalue weighted by Gasteiger charge is -2.00. The van der Waals surface area contributed by atoms with E-state index in [0.29, 0.717) is 18.9 Å². The van der Waals surface area contributed by atoms with Gasteiger partial charge in [0, 0.05) is 11.5 Å². The SMILES string of the molecule is CCOC(=O)Cc1cc(C2CC2)oc1C=C(C)C. The zero-order valence-electron chi connectivity index (χ0n) is 11.3. The minimum atomic E-state index is -0.191. The van der Waals surface area contributed by atoms with Gasteiger partial charge in [0.05, 0.1) is 13.0 Å². The second-order valence-corrected chi connectivity index (χ2v) is 5.02. The third-order valence-corrected chi connectivity index (χ3v) is 2.90. The number of hydrogen-bond acceptors (Lipinski definition) is 3. The van der Waals surface area contributed by atoms with Crippen LogP contribution in [0.3, 0.4) is 0 Å². The molecule has 0 spiro atoms. The number of rotatable bonds is 5. The molecule has 0 N–H and O–H groups in total. The maximum atomic E-state index is 11.6. The molecular weight excluding hydrogens is 228 g/mol. The van der Waals surface area contributed by atoms with Crippen LogP contribution in [0.25, 0.3) is 6.08 Å². The first-order valence-electron chi connectivity index (χ1n) is 6.53. The molecule has 1 fully saturated rings. The Morgan fingerprint density at radius 2 is 2.22 bits per heavy atom. The van der Waals surface area contributed by atoms with Gasteiger partial charge in [-0.2, -0.15) is 0 Å². The molecule has 18 heavy (non-hydrogen) atoms. The molecule has 3 nitrogen and oxygen atoms in total. The summed E-state index contributed by atoms with van der Waals surface area (Å²) in [6.45, 7) is 6.28. The van der Waals surface area contributed by atoms with Crippen molar-refractivity contribution < 1.29 is 13.9 Å². The summed E-state index contributed by atoms with van der Waals surface area (Å²) in [5, 5.41) is 0. The number of allylic oxidation sites excluding steroid dienone is 1. The number of carbonyl (C=O) groups is 1. The summed E-state index contributed by atoms with van der Waals surface area (Å²) in [6.07, 6.45) is 4.67. The van der Waals surface area contributed by atoms with Crippen LogP contribution >= 0.6 is 0 Å². The van der Waals surface area contributed by atoms with Crippen molar-refractivity contribution in [3.63, 3.8) is 0 Å². The van der Waals surface area contributed by atoms with Crippen molar-refractivity contribution >= 4 is 12.0 Å². The quantitative estimate of drug-likeness (QED) is 0.746. The molecule has 2 rings (SSSR count). The minimum absolute atomic E-state index is 0.191. The van der Waals surface area contributed by atoms with Gasteiger partial charge in [-0.05, 0) is 45.8 Å². The first-order valence-corrected chi connectivity index (χ1v) is 6.53. The average Bonchev–Trinajstić information content (AvgIpc) is 3.04. The van der Waals surface area contributed by atoms with Crippen molar-refractivity contribution in [1.29, 1.82) is 0 Å². The van der Waals surface area contributed by atoms with Crippen LogP contribution in [-0.2, 0) is 16.0 Å². The molecule has 1 heterocycles. The molecule has 0 aromatic carbocycles. The fourth-order valence-electron chi connectivity index (χ4n) is 1.92. The molecule has 1 aromatic heterocycles. The maximum absolute atomic E-state index is 11.6. The van der Waals surface area contributed by atoms with E-state index >= 15 is 0 Å². The molecule has 3 heteroatoms. The van der Waals surface area contributed by atoms with Crippen molar-refractivity contribution in [2.24, 2.45) is 0 Å². The molecule has 0 unspecified atom stereocenters. The fraction of sp³-hybridized carbons (Fsp3) is 0.533. The number of carbonyl (C=O) groups excluding carboxylic acids is 1. The topological polar surface area (TPSA) is 39.4 Å². The van der Waals surface area contributed by atoms with Crippen molar-refractivity contribution in [2.75, 3.05) is 6.61 Å². The zero-order valence-corrected chi connectivity index (χ0v) is 11.3. The molecule has 0 bridgehead atoms. The van der Waals surface area contributed by atoms with Gasteiger partial charge < -0.3 is 9.15 Å². The number of furan rings is 1. The molecule has 0 atom stereocenters. The summed E-state index contributed by atoms with van der Waals surface area (Å²) in [4.78, 5) is 11.6. The van der Waals surface area contributed by atoms with Crippen molar-refractivity contribution in [3.8, 4) is 0 Å². The Morgan fingerprint density at radius 3 is 2.78 bits per heavy atom. The summed E-state index contributed by atoms with van der Waals surface area (Å²) in [7, 11) is 0. The van der Waals surface area contributed by atoms with E-state index in [1.807, 2.05) is 32.9 Å². The van der Waals surface area contributed by atoms with Gasteiger partial charge in [0.2, 0.25) is 0 Å². The molecule has 0 radical (unpaired) electrons. The smallest absolute Gasteiger partial charge is 0.310 e. The van der Waals surface area contributed by atoms with Crippen LogP contribution in [0.2, 0.25) is 0 Å². The molecular formula is C15H20O3. The van der Waals surface area contributed by atoms with E-state index in [1.165, 1.54) is 12.8 Å². The normalized spacial score (nSPS) is 14.4. The van der Waals surface area contributed by atoms with E-state index in [4.69, 9.17) is 9.15 Å². The molecule has 1 saturated carbocycles. The fourth-order valence-corrected chi connectivity index (χ4v) is 1.92. The monoisotopic (exact) mass is 248 g/mol. The third-order valence-electron chi connectivity index (χ3n) is 2.90. The second kappa shape index (κ2) is 5.42. The van der Waals surface area contributed by atoms with Crippen LogP contribution in [-0.4, -0.2) is 12.6 Å². The van der Waals surface area contributed by atoms with Crippen LogP contribution in [0, 0.1) is 0 Å². The molecule has 1 aliphatic carbocycles. The van der Waals surface area contributed by atoms with Crippen LogP contribution < -0.4 is 0 Å².